The third kappa shape index (κ3) is 5.77. The van der Waals surface area contributed by atoms with Gasteiger partial charge in [-0.25, -0.2) is 15.4 Å². The molecule has 8 heteroatoms. The first-order valence-corrected chi connectivity index (χ1v) is 9.80. The maximum absolute atomic E-state index is 12.1. The van der Waals surface area contributed by atoms with Crippen LogP contribution < -0.4 is 10.3 Å². The largest absolute Gasteiger partial charge is 0.378 e. The monoisotopic (exact) mass is 385 g/mol. The van der Waals surface area contributed by atoms with Gasteiger partial charge in [0, 0.05) is 24.8 Å². The Balaban J connectivity index is 1.56. The summed E-state index contributed by atoms with van der Waals surface area (Å²) >= 11 is 1.31. The highest BCUT2D eigenvalue weighted by molar-refractivity contribution is 7.99. The van der Waals surface area contributed by atoms with Gasteiger partial charge in [-0.05, 0) is 19.4 Å². The molecule has 0 aliphatic carbocycles. The normalized spacial score (nSPS) is 14.9. The molecular weight excluding hydrogens is 362 g/mol. The van der Waals surface area contributed by atoms with Gasteiger partial charge in [-0.3, -0.25) is 4.79 Å². The molecule has 7 nitrogen and oxygen atoms in total. The fourth-order valence-electron chi connectivity index (χ4n) is 2.60. The number of benzene rings is 1. The average Bonchev–Trinajstić information content (AvgIpc) is 2.71. The lowest BCUT2D eigenvalue weighted by atomic mass is 10.1. The van der Waals surface area contributed by atoms with Crippen LogP contribution in [0.15, 0.2) is 46.7 Å². The zero-order valence-corrected chi connectivity index (χ0v) is 16.3. The molecule has 0 spiro atoms. The number of thioether (sulfide) groups is 1. The minimum Gasteiger partial charge on any atom is -0.378 e. The lowest BCUT2D eigenvalue weighted by Crippen LogP contribution is -2.36. The summed E-state index contributed by atoms with van der Waals surface area (Å²) in [5.74, 6) is 0.900. The maximum Gasteiger partial charge on any atom is 0.250 e. The van der Waals surface area contributed by atoms with E-state index in [1.807, 2.05) is 50.2 Å². The molecule has 1 amide bonds. The molecule has 1 aromatic carbocycles. The molecule has 2 heterocycles. The zero-order chi connectivity index (χ0) is 19.1. The zero-order valence-electron chi connectivity index (χ0n) is 15.5. The van der Waals surface area contributed by atoms with Crippen molar-refractivity contribution in [2.45, 2.75) is 19.0 Å². The molecule has 0 bridgehead atoms. The fraction of sp³-hybridized carbons (Fsp3) is 0.368. The fourth-order valence-corrected chi connectivity index (χ4v) is 3.29. The Bertz CT molecular complexity index is 807. The summed E-state index contributed by atoms with van der Waals surface area (Å²) in [6, 6.07) is 11.7. The molecule has 3 rings (SSSR count). The van der Waals surface area contributed by atoms with E-state index >= 15 is 0 Å². The van der Waals surface area contributed by atoms with Crippen molar-refractivity contribution in [2.24, 2.45) is 5.10 Å². The van der Waals surface area contributed by atoms with E-state index in [0.717, 1.165) is 35.9 Å². The van der Waals surface area contributed by atoms with Gasteiger partial charge in [-0.15, -0.1) is 0 Å². The lowest BCUT2D eigenvalue weighted by Gasteiger charge is -2.28. The average molecular weight is 385 g/mol. The highest BCUT2D eigenvalue weighted by Crippen LogP contribution is 2.20. The van der Waals surface area contributed by atoms with Crippen molar-refractivity contribution < 1.29 is 9.53 Å². The van der Waals surface area contributed by atoms with Crippen molar-refractivity contribution in [3.8, 4) is 0 Å². The number of ether oxygens (including phenoxy) is 1. The minimum absolute atomic E-state index is 0.187. The van der Waals surface area contributed by atoms with E-state index in [1.165, 1.54) is 11.8 Å². The van der Waals surface area contributed by atoms with E-state index in [-0.39, 0.29) is 11.7 Å². The summed E-state index contributed by atoms with van der Waals surface area (Å²) in [4.78, 5) is 23.3. The molecule has 0 radical (unpaired) electrons. The number of hydrogen-bond donors (Lipinski definition) is 1. The van der Waals surface area contributed by atoms with Crippen LogP contribution in [0.25, 0.3) is 0 Å². The van der Waals surface area contributed by atoms with Crippen molar-refractivity contribution in [2.75, 3.05) is 37.0 Å². The SMILES string of the molecule is CC(=NNC(=O)CSc1nc(C)cc(N2CCOCC2)n1)c1ccccc1. The number of hydrazone groups is 1. The number of nitrogens with one attached hydrogen (secondary N) is 1. The number of nitrogens with zero attached hydrogens (tertiary/aromatic N) is 4. The second-order valence-electron chi connectivity index (χ2n) is 6.14. The Labute approximate surface area is 163 Å². The molecule has 1 saturated heterocycles. The van der Waals surface area contributed by atoms with Crippen LogP contribution in [-0.2, 0) is 9.53 Å². The summed E-state index contributed by atoms with van der Waals surface area (Å²) in [6.45, 7) is 6.83. The number of aryl methyl sites for hydroxylation is 1. The smallest absolute Gasteiger partial charge is 0.250 e. The van der Waals surface area contributed by atoms with Crippen LogP contribution >= 0.6 is 11.8 Å². The van der Waals surface area contributed by atoms with Gasteiger partial charge in [-0.2, -0.15) is 5.10 Å². The predicted molar refractivity (Wildman–Crippen MR) is 107 cm³/mol. The second kappa shape index (κ2) is 9.48. The number of anilines is 1. The summed E-state index contributed by atoms with van der Waals surface area (Å²) < 4.78 is 5.38. The Kier molecular flexibility index (Phi) is 6.78. The number of aromatic nitrogens is 2. The molecule has 2 aromatic rings. The molecular formula is C19H23N5O2S. The van der Waals surface area contributed by atoms with Crippen LogP contribution in [0.4, 0.5) is 5.82 Å². The molecule has 1 aliphatic heterocycles. The van der Waals surface area contributed by atoms with Crippen molar-refractivity contribution in [3.05, 3.63) is 47.7 Å². The van der Waals surface area contributed by atoms with Gasteiger partial charge >= 0.3 is 0 Å². The Morgan fingerprint density at radius 2 is 2.00 bits per heavy atom. The van der Waals surface area contributed by atoms with Gasteiger partial charge in [0.2, 0.25) is 0 Å². The molecule has 1 fully saturated rings. The van der Waals surface area contributed by atoms with E-state index in [2.05, 4.69) is 25.4 Å². The van der Waals surface area contributed by atoms with Gasteiger partial charge in [-0.1, -0.05) is 42.1 Å². The molecule has 1 aromatic heterocycles. The van der Waals surface area contributed by atoms with Crippen LogP contribution in [-0.4, -0.2) is 53.6 Å². The van der Waals surface area contributed by atoms with E-state index in [9.17, 15) is 4.79 Å². The summed E-state index contributed by atoms with van der Waals surface area (Å²) in [7, 11) is 0. The third-order valence-corrected chi connectivity index (χ3v) is 4.87. The minimum atomic E-state index is -0.187. The summed E-state index contributed by atoms with van der Waals surface area (Å²) in [5, 5.41) is 4.75. The molecule has 0 saturated carbocycles. The summed E-state index contributed by atoms with van der Waals surface area (Å²) in [5.41, 5.74) is 5.21. The van der Waals surface area contributed by atoms with Gasteiger partial charge in [0.1, 0.15) is 5.82 Å². The molecule has 1 N–H and O–H groups in total. The molecule has 142 valence electrons. The van der Waals surface area contributed by atoms with Crippen LogP contribution in [0.2, 0.25) is 0 Å². The van der Waals surface area contributed by atoms with Crippen molar-refractivity contribution in [1.82, 2.24) is 15.4 Å². The van der Waals surface area contributed by atoms with Crippen molar-refractivity contribution in [1.29, 1.82) is 0 Å². The predicted octanol–water partition coefficient (Wildman–Crippen LogP) is 2.25. The van der Waals surface area contributed by atoms with E-state index in [0.29, 0.717) is 18.4 Å². The van der Waals surface area contributed by atoms with Crippen LogP contribution in [0, 0.1) is 6.92 Å². The number of hydrogen-bond acceptors (Lipinski definition) is 7. The van der Waals surface area contributed by atoms with Crippen molar-refractivity contribution in [3.63, 3.8) is 0 Å². The van der Waals surface area contributed by atoms with Crippen LogP contribution in [0.1, 0.15) is 18.2 Å². The number of carbonyl (C=O) groups excluding carboxylic acids is 1. The molecule has 1 aliphatic rings. The third-order valence-electron chi connectivity index (χ3n) is 4.03. The quantitative estimate of drug-likeness (QED) is 0.356. The second-order valence-corrected chi connectivity index (χ2v) is 7.08. The van der Waals surface area contributed by atoms with E-state index in [1.54, 1.807) is 0 Å². The highest BCUT2D eigenvalue weighted by Gasteiger charge is 2.15. The molecule has 0 atom stereocenters. The van der Waals surface area contributed by atoms with Gasteiger partial charge < -0.3 is 9.64 Å². The highest BCUT2D eigenvalue weighted by atomic mass is 32.2. The standard InChI is InChI=1S/C19H23N5O2S/c1-14-12-17(24-8-10-26-11-9-24)21-19(20-14)27-13-18(25)23-22-15(2)16-6-4-3-5-7-16/h3-7,12H,8-11,13H2,1-2H3,(H,23,25). The number of morpholine rings is 1. The first kappa shape index (κ1) is 19.3. The van der Waals surface area contributed by atoms with E-state index < -0.39 is 0 Å². The lowest BCUT2D eigenvalue weighted by molar-refractivity contribution is -0.118. The number of carbonyl (C=O) groups is 1. The Morgan fingerprint density at radius 3 is 2.74 bits per heavy atom. The molecule has 27 heavy (non-hydrogen) atoms. The van der Waals surface area contributed by atoms with Crippen LogP contribution in [0.3, 0.4) is 0 Å². The van der Waals surface area contributed by atoms with Gasteiger partial charge in [0.05, 0.1) is 24.7 Å². The molecule has 0 unspecified atom stereocenters. The maximum atomic E-state index is 12.1. The van der Waals surface area contributed by atoms with Gasteiger partial charge in [0.15, 0.2) is 5.16 Å². The number of amides is 1. The Hall–Kier alpha value is -2.45. The first-order valence-electron chi connectivity index (χ1n) is 8.81. The number of rotatable bonds is 6. The Morgan fingerprint density at radius 1 is 1.26 bits per heavy atom. The van der Waals surface area contributed by atoms with Crippen molar-refractivity contribution >= 4 is 29.2 Å². The summed E-state index contributed by atoms with van der Waals surface area (Å²) in [6.07, 6.45) is 0. The van der Waals surface area contributed by atoms with E-state index in [4.69, 9.17) is 4.74 Å². The topological polar surface area (TPSA) is 79.7 Å². The first-order chi connectivity index (χ1) is 13.1. The van der Waals surface area contributed by atoms with Crippen LogP contribution in [0.5, 0.6) is 0 Å². The van der Waals surface area contributed by atoms with Gasteiger partial charge in [0.25, 0.3) is 5.91 Å².